The summed E-state index contributed by atoms with van der Waals surface area (Å²) < 4.78 is 37.8. The van der Waals surface area contributed by atoms with E-state index in [4.69, 9.17) is 9.15 Å². The second-order valence-electron chi connectivity index (χ2n) is 7.87. The van der Waals surface area contributed by atoms with Crippen LogP contribution in [0.1, 0.15) is 35.5 Å². The molecule has 172 valence electrons. The summed E-state index contributed by atoms with van der Waals surface area (Å²) in [6.07, 6.45) is 1.20. The molecule has 0 radical (unpaired) electrons. The number of amides is 1. The van der Waals surface area contributed by atoms with E-state index in [0.717, 1.165) is 17.7 Å². The highest BCUT2D eigenvalue weighted by Crippen LogP contribution is 2.32. The zero-order chi connectivity index (χ0) is 23.6. The molecule has 1 amide bonds. The Balaban J connectivity index is 1.40. The molecule has 1 aliphatic rings. The van der Waals surface area contributed by atoms with Gasteiger partial charge in [-0.15, -0.1) is 0 Å². The minimum atomic E-state index is -3.78. The van der Waals surface area contributed by atoms with E-state index in [1.807, 2.05) is 31.2 Å². The molecule has 2 heterocycles. The van der Waals surface area contributed by atoms with Crippen molar-refractivity contribution in [2.45, 2.75) is 43.9 Å². The van der Waals surface area contributed by atoms with Gasteiger partial charge in [0.15, 0.2) is 6.10 Å². The third kappa shape index (κ3) is 4.84. The lowest BCUT2D eigenvalue weighted by Crippen LogP contribution is -2.43. The van der Waals surface area contributed by atoms with Crippen LogP contribution in [-0.2, 0) is 32.5 Å². The van der Waals surface area contributed by atoms with Gasteiger partial charge in [0.2, 0.25) is 10.0 Å². The van der Waals surface area contributed by atoms with Gasteiger partial charge in [0.25, 0.3) is 5.91 Å². The molecule has 0 spiro atoms. The first-order chi connectivity index (χ1) is 15.8. The van der Waals surface area contributed by atoms with Gasteiger partial charge in [0, 0.05) is 11.7 Å². The third-order valence-corrected chi connectivity index (χ3v) is 6.91. The number of nitrogens with one attached hydrogen (secondary N) is 1. The van der Waals surface area contributed by atoms with Crippen molar-refractivity contribution >= 4 is 27.6 Å². The molecule has 4 rings (SSSR count). The van der Waals surface area contributed by atoms with E-state index >= 15 is 0 Å². The molecule has 8 nitrogen and oxygen atoms in total. The fraction of sp³-hybridized carbons (Fsp3) is 0.250. The number of carbonyl (C=O) groups is 2. The van der Waals surface area contributed by atoms with Crippen LogP contribution in [0.5, 0.6) is 0 Å². The molecule has 0 aliphatic carbocycles. The van der Waals surface area contributed by atoms with Crippen molar-refractivity contribution in [2.75, 3.05) is 4.90 Å². The second kappa shape index (κ2) is 9.21. The number of furan rings is 1. The molecule has 0 saturated heterocycles. The summed E-state index contributed by atoms with van der Waals surface area (Å²) in [4.78, 5) is 27.2. The van der Waals surface area contributed by atoms with Gasteiger partial charge in [0.1, 0.15) is 5.76 Å². The van der Waals surface area contributed by atoms with E-state index in [-0.39, 0.29) is 29.0 Å². The summed E-state index contributed by atoms with van der Waals surface area (Å²) in [7, 11) is -3.78. The number of benzene rings is 2. The number of anilines is 1. The van der Waals surface area contributed by atoms with E-state index in [1.165, 1.54) is 37.5 Å². The van der Waals surface area contributed by atoms with Gasteiger partial charge in [0.05, 0.1) is 23.3 Å². The maximum Gasteiger partial charge on any atom is 0.338 e. The number of hydrogen-bond acceptors (Lipinski definition) is 6. The Hall–Kier alpha value is -3.43. The summed E-state index contributed by atoms with van der Waals surface area (Å²) in [6.45, 7) is 3.49. The van der Waals surface area contributed by atoms with Crippen molar-refractivity contribution in [2.24, 2.45) is 0 Å². The van der Waals surface area contributed by atoms with E-state index in [9.17, 15) is 18.0 Å². The lowest BCUT2D eigenvalue weighted by molar-refractivity contribution is -0.126. The standard InChI is InChI=1S/C24H24N2O6S/c1-16-14-19-6-3-4-8-22(19)26(16)23(27)17(2)32-24(28)18-9-11-21(12-10-18)33(29,30)25-15-20-7-5-13-31-20/h3-13,16-17,25H,14-15H2,1-2H3/t16-,17-/m1/s1. The number of hydrogen-bond donors (Lipinski definition) is 1. The second-order valence-corrected chi connectivity index (χ2v) is 9.63. The highest BCUT2D eigenvalue weighted by atomic mass is 32.2. The summed E-state index contributed by atoms with van der Waals surface area (Å²) in [5.74, 6) is -0.530. The summed E-state index contributed by atoms with van der Waals surface area (Å²) in [6, 6.07) is 16.3. The molecule has 1 N–H and O–H groups in total. The van der Waals surface area contributed by atoms with Crippen LogP contribution >= 0.6 is 0 Å². The number of carbonyl (C=O) groups excluding carboxylic acids is 2. The molecular formula is C24H24N2O6S. The van der Waals surface area contributed by atoms with Gasteiger partial charge in [-0.05, 0) is 68.3 Å². The van der Waals surface area contributed by atoms with Crippen LogP contribution in [0, 0.1) is 0 Å². The highest BCUT2D eigenvalue weighted by molar-refractivity contribution is 7.89. The van der Waals surface area contributed by atoms with Crippen molar-refractivity contribution < 1.29 is 27.2 Å². The Morgan fingerprint density at radius 2 is 1.85 bits per heavy atom. The fourth-order valence-corrected chi connectivity index (χ4v) is 4.80. The van der Waals surface area contributed by atoms with Gasteiger partial charge >= 0.3 is 5.97 Å². The summed E-state index contributed by atoms with van der Waals surface area (Å²) >= 11 is 0. The van der Waals surface area contributed by atoms with Crippen LogP contribution in [0.15, 0.2) is 76.2 Å². The zero-order valence-electron chi connectivity index (χ0n) is 18.2. The largest absolute Gasteiger partial charge is 0.468 e. The topological polar surface area (TPSA) is 106 Å². The molecule has 33 heavy (non-hydrogen) atoms. The van der Waals surface area contributed by atoms with Gasteiger partial charge in [-0.25, -0.2) is 17.9 Å². The Labute approximate surface area is 192 Å². The molecule has 2 aromatic carbocycles. The molecule has 0 unspecified atom stereocenters. The smallest absolute Gasteiger partial charge is 0.338 e. The summed E-state index contributed by atoms with van der Waals surface area (Å²) in [5, 5.41) is 0. The Bertz CT molecular complexity index is 1250. The van der Waals surface area contributed by atoms with Crippen LogP contribution in [0.4, 0.5) is 5.69 Å². The molecule has 3 aromatic rings. The van der Waals surface area contributed by atoms with Crippen LogP contribution < -0.4 is 9.62 Å². The van der Waals surface area contributed by atoms with Crippen LogP contribution in [-0.4, -0.2) is 32.4 Å². The SMILES string of the molecule is C[C@@H]1Cc2ccccc2N1C(=O)[C@@H](C)OC(=O)c1ccc(S(=O)(=O)NCc2ccco2)cc1. The monoisotopic (exact) mass is 468 g/mol. The van der Waals surface area contributed by atoms with E-state index in [2.05, 4.69) is 4.72 Å². The van der Waals surface area contributed by atoms with Crippen molar-refractivity contribution in [3.8, 4) is 0 Å². The average molecular weight is 469 g/mol. The zero-order valence-corrected chi connectivity index (χ0v) is 19.0. The lowest BCUT2D eigenvalue weighted by Gasteiger charge is -2.26. The quantitative estimate of drug-likeness (QED) is 0.534. The van der Waals surface area contributed by atoms with Crippen molar-refractivity contribution in [1.82, 2.24) is 4.72 Å². The van der Waals surface area contributed by atoms with Crippen LogP contribution in [0.25, 0.3) is 0 Å². The van der Waals surface area contributed by atoms with Crippen LogP contribution in [0.3, 0.4) is 0 Å². The van der Waals surface area contributed by atoms with Gasteiger partial charge < -0.3 is 14.1 Å². The maximum atomic E-state index is 13.0. The normalized spacial score (nSPS) is 16.3. The molecular weight excluding hydrogens is 444 g/mol. The fourth-order valence-electron chi connectivity index (χ4n) is 3.81. The number of sulfonamides is 1. The Morgan fingerprint density at radius 1 is 1.12 bits per heavy atom. The van der Waals surface area contributed by atoms with Crippen molar-refractivity contribution in [1.29, 1.82) is 0 Å². The van der Waals surface area contributed by atoms with Gasteiger partial charge in [-0.1, -0.05) is 18.2 Å². The average Bonchev–Trinajstić information content (AvgIpc) is 3.44. The number of para-hydroxylation sites is 1. The molecule has 0 saturated carbocycles. The molecule has 1 aromatic heterocycles. The number of ether oxygens (including phenoxy) is 1. The Kier molecular flexibility index (Phi) is 6.35. The lowest BCUT2D eigenvalue weighted by atomic mass is 10.1. The van der Waals surface area contributed by atoms with E-state index in [1.54, 1.807) is 17.0 Å². The van der Waals surface area contributed by atoms with E-state index < -0.39 is 22.1 Å². The van der Waals surface area contributed by atoms with E-state index in [0.29, 0.717) is 5.76 Å². The first kappa shape index (κ1) is 22.8. The number of fused-ring (bicyclic) bond motifs is 1. The molecule has 2 atom stereocenters. The maximum absolute atomic E-state index is 13.0. The Morgan fingerprint density at radius 3 is 2.55 bits per heavy atom. The number of rotatable bonds is 7. The van der Waals surface area contributed by atoms with Gasteiger partial charge in [-0.2, -0.15) is 0 Å². The van der Waals surface area contributed by atoms with Crippen molar-refractivity contribution in [3.05, 3.63) is 83.8 Å². The predicted molar refractivity (Wildman–Crippen MR) is 121 cm³/mol. The number of nitrogens with zero attached hydrogens (tertiary/aromatic N) is 1. The summed E-state index contributed by atoms with van der Waals surface area (Å²) in [5.41, 5.74) is 2.05. The first-order valence-corrected chi connectivity index (χ1v) is 12.0. The molecule has 0 fully saturated rings. The van der Waals surface area contributed by atoms with Crippen LogP contribution in [0.2, 0.25) is 0 Å². The molecule has 1 aliphatic heterocycles. The first-order valence-electron chi connectivity index (χ1n) is 10.5. The third-order valence-electron chi connectivity index (χ3n) is 5.49. The highest BCUT2D eigenvalue weighted by Gasteiger charge is 2.34. The molecule has 0 bridgehead atoms. The van der Waals surface area contributed by atoms with Gasteiger partial charge in [-0.3, -0.25) is 4.79 Å². The molecule has 9 heteroatoms. The minimum absolute atomic E-state index is 0.00257. The van der Waals surface area contributed by atoms with Crippen molar-refractivity contribution in [3.63, 3.8) is 0 Å². The number of esters is 1. The minimum Gasteiger partial charge on any atom is -0.468 e. The predicted octanol–water partition coefficient (Wildman–Crippen LogP) is 3.28.